The standard InChI is InChI=1S/C9H23NO6P2/c1-5-9(6-2,17(11,12)16-10)18(13,14-7-3)15-8-4/h5-8,10H2,1-4H3,(H,11,12). The summed E-state index contributed by atoms with van der Waals surface area (Å²) in [6.07, 6.45) is 0.178. The van der Waals surface area contributed by atoms with Crippen LogP contribution in [0.5, 0.6) is 0 Å². The van der Waals surface area contributed by atoms with Gasteiger partial charge in [-0.05, 0) is 26.7 Å². The molecule has 0 saturated heterocycles. The van der Waals surface area contributed by atoms with Crippen LogP contribution in [0.2, 0.25) is 0 Å². The largest absolute Gasteiger partial charge is 0.362 e. The van der Waals surface area contributed by atoms with E-state index in [0.717, 1.165) is 0 Å². The molecule has 0 aromatic rings. The summed E-state index contributed by atoms with van der Waals surface area (Å²) in [5.41, 5.74) is 0. The third-order valence-electron chi connectivity index (χ3n) is 2.91. The molecule has 0 rings (SSSR count). The molecule has 0 radical (unpaired) electrons. The summed E-state index contributed by atoms with van der Waals surface area (Å²) in [4.78, 5) is 8.26. The lowest BCUT2D eigenvalue weighted by Gasteiger charge is -2.38. The third kappa shape index (κ3) is 3.05. The smallest absolute Gasteiger partial charge is 0.323 e. The first-order chi connectivity index (χ1) is 8.30. The van der Waals surface area contributed by atoms with Gasteiger partial charge in [0.05, 0.1) is 13.2 Å². The molecule has 1 atom stereocenters. The van der Waals surface area contributed by atoms with Gasteiger partial charge in [-0.15, -0.1) is 0 Å². The van der Waals surface area contributed by atoms with Gasteiger partial charge in [0.15, 0.2) is 4.90 Å². The average molecular weight is 303 g/mol. The summed E-state index contributed by atoms with van der Waals surface area (Å²) in [6, 6.07) is 0. The molecule has 7 nitrogen and oxygen atoms in total. The Kier molecular flexibility index (Phi) is 7.26. The van der Waals surface area contributed by atoms with Crippen molar-refractivity contribution in [3.8, 4) is 0 Å². The molecule has 0 saturated carbocycles. The maximum Gasteiger partial charge on any atom is 0.362 e. The molecule has 0 amide bonds. The summed E-state index contributed by atoms with van der Waals surface area (Å²) in [6.45, 7) is 6.71. The lowest BCUT2D eigenvalue weighted by atomic mass is 10.2. The molecule has 0 fully saturated rings. The van der Waals surface area contributed by atoms with E-state index in [0.29, 0.717) is 0 Å². The molecule has 3 N–H and O–H groups in total. The number of nitrogens with two attached hydrogens (primary N) is 1. The molecule has 0 aliphatic carbocycles. The highest BCUT2D eigenvalue weighted by atomic mass is 31.2. The van der Waals surface area contributed by atoms with Gasteiger partial charge in [0.1, 0.15) is 0 Å². The Balaban J connectivity index is 5.83. The zero-order chi connectivity index (χ0) is 14.4. The molecule has 0 bridgehead atoms. The fraction of sp³-hybridized carbons (Fsp3) is 1.00. The van der Waals surface area contributed by atoms with Crippen LogP contribution >= 0.6 is 15.2 Å². The topological polar surface area (TPSA) is 108 Å². The molecule has 110 valence electrons. The fourth-order valence-corrected chi connectivity index (χ4v) is 6.64. The Morgan fingerprint density at radius 2 is 1.44 bits per heavy atom. The van der Waals surface area contributed by atoms with Crippen molar-refractivity contribution in [2.45, 2.75) is 45.4 Å². The van der Waals surface area contributed by atoms with Gasteiger partial charge in [-0.1, -0.05) is 13.8 Å². The van der Waals surface area contributed by atoms with E-state index in [4.69, 9.17) is 14.9 Å². The van der Waals surface area contributed by atoms with Gasteiger partial charge in [-0.3, -0.25) is 9.13 Å². The van der Waals surface area contributed by atoms with E-state index in [1.165, 1.54) is 0 Å². The SMILES string of the molecule is CCOP(=O)(OCC)C(CC)(CC)P(=O)(O)ON. The summed E-state index contributed by atoms with van der Waals surface area (Å²) in [5, 5.41) is 0. The maximum atomic E-state index is 12.8. The Morgan fingerprint density at radius 1 is 1.06 bits per heavy atom. The summed E-state index contributed by atoms with van der Waals surface area (Å²) in [5.74, 6) is 4.89. The molecule has 0 heterocycles. The van der Waals surface area contributed by atoms with Crippen LogP contribution in [0.1, 0.15) is 40.5 Å². The van der Waals surface area contributed by atoms with Crippen molar-refractivity contribution in [3.05, 3.63) is 0 Å². The molecule has 0 spiro atoms. The van der Waals surface area contributed by atoms with Gasteiger partial charge in [-0.2, -0.15) is 0 Å². The second-order valence-corrected chi connectivity index (χ2v) is 8.48. The van der Waals surface area contributed by atoms with Gasteiger partial charge in [-0.25, -0.2) is 10.5 Å². The summed E-state index contributed by atoms with van der Waals surface area (Å²) in [7, 11) is -8.15. The molecular formula is C9H23NO6P2. The van der Waals surface area contributed by atoms with Crippen LogP contribution in [0.15, 0.2) is 0 Å². The Hall–Kier alpha value is 0.260. The molecule has 9 heteroatoms. The van der Waals surface area contributed by atoms with Gasteiger partial charge in [0.25, 0.3) is 0 Å². The maximum absolute atomic E-state index is 12.8. The summed E-state index contributed by atoms with van der Waals surface area (Å²) >= 11 is 0. The highest BCUT2D eigenvalue weighted by Crippen LogP contribution is 2.77. The van der Waals surface area contributed by atoms with Crippen molar-refractivity contribution < 1.29 is 27.7 Å². The highest BCUT2D eigenvalue weighted by Gasteiger charge is 2.61. The van der Waals surface area contributed by atoms with Crippen molar-refractivity contribution in [2.24, 2.45) is 5.90 Å². The zero-order valence-corrected chi connectivity index (χ0v) is 13.1. The molecule has 0 aliphatic heterocycles. The second kappa shape index (κ2) is 7.15. The second-order valence-electron chi connectivity index (χ2n) is 3.65. The average Bonchev–Trinajstić information content (AvgIpc) is 2.31. The van der Waals surface area contributed by atoms with E-state index in [1.807, 2.05) is 0 Å². The zero-order valence-electron chi connectivity index (χ0n) is 11.3. The van der Waals surface area contributed by atoms with Gasteiger partial charge < -0.3 is 13.9 Å². The Bertz CT molecular complexity index is 334. The first-order valence-corrected chi connectivity index (χ1v) is 9.03. The molecule has 0 aromatic heterocycles. The van der Waals surface area contributed by atoms with Gasteiger partial charge in [0, 0.05) is 0 Å². The van der Waals surface area contributed by atoms with Crippen LogP contribution in [-0.4, -0.2) is 23.0 Å². The quantitative estimate of drug-likeness (QED) is 0.498. The normalized spacial score (nSPS) is 16.6. The van der Waals surface area contributed by atoms with Crippen LogP contribution in [0.3, 0.4) is 0 Å². The van der Waals surface area contributed by atoms with E-state index >= 15 is 0 Å². The van der Waals surface area contributed by atoms with Crippen molar-refractivity contribution in [2.75, 3.05) is 13.2 Å². The molecule has 18 heavy (non-hydrogen) atoms. The predicted molar refractivity (Wildman–Crippen MR) is 69.3 cm³/mol. The van der Waals surface area contributed by atoms with Crippen LogP contribution in [-0.2, 0) is 22.8 Å². The lowest BCUT2D eigenvalue weighted by Crippen LogP contribution is -2.31. The minimum absolute atomic E-state index is 0.0890. The van der Waals surface area contributed by atoms with Gasteiger partial charge >= 0.3 is 15.2 Å². The van der Waals surface area contributed by atoms with Crippen LogP contribution in [0.25, 0.3) is 0 Å². The van der Waals surface area contributed by atoms with Crippen molar-refractivity contribution in [1.29, 1.82) is 0 Å². The van der Waals surface area contributed by atoms with Crippen molar-refractivity contribution in [3.63, 3.8) is 0 Å². The van der Waals surface area contributed by atoms with Crippen LogP contribution in [0.4, 0.5) is 0 Å². The Morgan fingerprint density at radius 3 is 1.67 bits per heavy atom. The van der Waals surface area contributed by atoms with Crippen molar-refractivity contribution in [1.82, 2.24) is 0 Å². The van der Waals surface area contributed by atoms with Crippen LogP contribution < -0.4 is 5.90 Å². The number of rotatable bonds is 9. The first kappa shape index (κ1) is 18.3. The highest BCUT2D eigenvalue weighted by molar-refractivity contribution is 7.73. The van der Waals surface area contributed by atoms with E-state index in [1.54, 1.807) is 27.7 Å². The number of hydrogen-bond donors (Lipinski definition) is 2. The lowest BCUT2D eigenvalue weighted by molar-refractivity contribution is 0.188. The van der Waals surface area contributed by atoms with Gasteiger partial charge in [0.2, 0.25) is 0 Å². The minimum Gasteiger partial charge on any atom is -0.323 e. The third-order valence-corrected chi connectivity index (χ3v) is 9.22. The fourth-order valence-electron chi connectivity index (χ4n) is 1.91. The Labute approximate surface area is 108 Å². The first-order valence-electron chi connectivity index (χ1n) is 5.91. The molecule has 0 aromatic carbocycles. The van der Waals surface area contributed by atoms with Crippen LogP contribution in [0, 0.1) is 0 Å². The number of hydrogen-bond acceptors (Lipinski definition) is 6. The van der Waals surface area contributed by atoms with E-state index in [-0.39, 0.29) is 26.1 Å². The van der Waals surface area contributed by atoms with E-state index in [2.05, 4.69) is 4.62 Å². The minimum atomic E-state index is -4.33. The summed E-state index contributed by atoms with van der Waals surface area (Å²) < 4.78 is 39.5. The van der Waals surface area contributed by atoms with Crippen molar-refractivity contribution >= 4 is 15.2 Å². The molecule has 1 unspecified atom stereocenters. The van der Waals surface area contributed by atoms with E-state index < -0.39 is 20.1 Å². The predicted octanol–water partition coefficient (Wildman–Crippen LogP) is 2.84. The monoisotopic (exact) mass is 303 g/mol. The molecular weight excluding hydrogens is 280 g/mol. The molecule has 0 aliphatic rings. The van der Waals surface area contributed by atoms with E-state index in [9.17, 15) is 14.0 Å².